The molecule has 0 amide bonds. The Bertz CT molecular complexity index is 503. The lowest BCUT2D eigenvalue weighted by Gasteiger charge is -2.02. The molecule has 0 unspecified atom stereocenters. The van der Waals surface area contributed by atoms with E-state index in [1.54, 1.807) is 42.2 Å². The standard InChI is InChI=1S/C11H10N2O2/c1-13-6-5-10(12-13)9-4-2-3-8(7-14)11(9)15/h2-7,15H,1H3. The highest BCUT2D eigenvalue weighted by atomic mass is 16.3. The molecule has 0 spiro atoms. The Kier molecular flexibility index (Phi) is 2.25. The maximum Gasteiger partial charge on any atom is 0.153 e. The third kappa shape index (κ3) is 1.61. The Morgan fingerprint density at radius 2 is 2.20 bits per heavy atom. The molecule has 0 fully saturated rings. The van der Waals surface area contributed by atoms with Crippen molar-refractivity contribution in [2.75, 3.05) is 0 Å². The Labute approximate surface area is 86.8 Å². The Morgan fingerprint density at radius 3 is 2.80 bits per heavy atom. The second-order valence-corrected chi connectivity index (χ2v) is 3.24. The molecular weight excluding hydrogens is 192 g/mol. The zero-order valence-electron chi connectivity index (χ0n) is 8.21. The van der Waals surface area contributed by atoms with Gasteiger partial charge in [-0.3, -0.25) is 9.48 Å². The largest absolute Gasteiger partial charge is 0.506 e. The van der Waals surface area contributed by atoms with Gasteiger partial charge in [-0.1, -0.05) is 6.07 Å². The predicted molar refractivity (Wildman–Crippen MR) is 55.7 cm³/mol. The summed E-state index contributed by atoms with van der Waals surface area (Å²) in [6.07, 6.45) is 2.41. The van der Waals surface area contributed by atoms with Crippen LogP contribution >= 0.6 is 0 Å². The molecule has 0 atom stereocenters. The highest BCUT2D eigenvalue weighted by Crippen LogP contribution is 2.29. The van der Waals surface area contributed by atoms with Gasteiger partial charge in [-0.05, 0) is 18.2 Å². The molecule has 0 saturated heterocycles. The molecule has 1 aromatic carbocycles. The lowest BCUT2D eigenvalue weighted by atomic mass is 10.1. The molecule has 4 heteroatoms. The number of rotatable bonds is 2. The average molecular weight is 202 g/mol. The summed E-state index contributed by atoms with van der Waals surface area (Å²) < 4.78 is 1.64. The minimum atomic E-state index is -0.0220. The normalized spacial score (nSPS) is 10.2. The van der Waals surface area contributed by atoms with Gasteiger partial charge in [0.25, 0.3) is 0 Å². The molecule has 0 bridgehead atoms. The van der Waals surface area contributed by atoms with Crippen LogP contribution in [0.15, 0.2) is 30.5 Å². The molecule has 0 aliphatic carbocycles. The van der Waals surface area contributed by atoms with Crippen molar-refractivity contribution in [2.45, 2.75) is 0 Å². The van der Waals surface area contributed by atoms with Gasteiger partial charge in [-0.15, -0.1) is 0 Å². The summed E-state index contributed by atoms with van der Waals surface area (Å²) in [7, 11) is 1.80. The summed E-state index contributed by atoms with van der Waals surface area (Å²) in [5.41, 5.74) is 1.50. The van der Waals surface area contributed by atoms with Crippen LogP contribution in [0.2, 0.25) is 0 Å². The number of nitrogens with zero attached hydrogens (tertiary/aromatic N) is 2. The van der Waals surface area contributed by atoms with E-state index >= 15 is 0 Å². The molecule has 1 N–H and O–H groups in total. The summed E-state index contributed by atoms with van der Waals surface area (Å²) in [5, 5.41) is 13.9. The molecule has 76 valence electrons. The van der Waals surface area contributed by atoms with Gasteiger partial charge in [0.2, 0.25) is 0 Å². The smallest absolute Gasteiger partial charge is 0.153 e. The van der Waals surface area contributed by atoms with E-state index in [0.29, 0.717) is 17.5 Å². The monoisotopic (exact) mass is 202 g/mol. The first-order valence-electron chi connectivity index (χ1n) is 4.49. The zero-order chi connectivity index (χ0) is 10.8. The van der Waals surface area contributed by atoms with E-state index in [-0.39, 0.29) is 11.3 Å². The minimum absolute atomic E-state index is 0.0220. The summed E-state index contributed by atoms with van der Waals surface area (Å²) in [5.74, 6) is -0.0220. The predicted octanol–water partition coefficient (Wildman–Crippen LogP) is 1.61. The van der Waals surface area contributed by atoms with Gasteiger partial charge < -0.3 is 5.11 Å². The van der Waals surface area contributed by atoms with Crippen LogP contribution in [0.4, 0.5) is 0 Å². The first-order chi connectivity index (χ1) is 7.22. The van der Waals surface area contributed by atoms with E-state index in [4.69, 9.17) is 0 Å². The van der Waals surface area contributed by atoms with E-state index < -0.39 is 0 Å². The number of aromatic nitrogens is 2. The van der Waals surface area contributed by atoms with Crippen LogP contribution in [0.25, 0.3) is 11.3 Å². The maximum atomic E-state index is 10.6. The number of carbonyl (C=O) groups is 1. The van der Waals surface area contributed by atoms with Crippen molar-refractivity contribution < 1.29 is 9.90 Å². The summed E-state index contributed by atoms with van der Waals surface area (Å²) >= 11 is 0. The van der Waals surface area contributed by atoms with E-state index in [0.717, 1.165) is 0 Å². The third-order valence-electron chi connectivity index (χ3n) is 2.18. The van der Waals surface area contributed by atoms with Crippen LogP contribution < -0.4 is 0 Å². The topological polar surface area (TPSA) is 55.1 Å². The van der Waals surface area contributed by atoms with Crippen molar-refractivity contribution in [1.82, 2.24) is 9.78 Å². The second-order valence-electron chi connectivity index (χ2n) is 3.24. The Balaban J connectivity index is 2.58. The number of phenols is 1. The second kappa shape index (κ2) is 3.57. The van der Waals surface area contributed by atoms with Gasteiger partial charge in [0.05, 0.1) is 11.3 Å². The number of hydrogen-bond acceptors (Lipinski definition) is 3. The first-order valence-corrected chi connectivity index (χ1v) is 4.49. The van der Waals surface area contributed by atoms with Crippen molar-refractivity contribution in [3.8, 4) is 17.0 Å². The molecule has 2 aromatic rings. The fourth-order valence-corrected chi connectivity index (χ4v) is 1.42. The molecule has 0 radical (unpaired) electrons. The van der Waals surface area contributed by atoms with Gasteiger partial charge in [-0.2, -0.15) is 5.10 Å². The maximum absolute atomic E-state index is 10.6. The van der Waals surface area contributed by atoms with Crippen LogP contribution in [-0.4, -0.2) is 21.2 Å². The van der Waals surface area contributed by atoms with Crippen molar-refractivity contribution in [1.29, 1.82) is 0 Å². The fourth-order valence-electron chi connectivity index (χ4n) is 1.42. The summed E-state index contributed by atoms with van der Waals surface area (Å²) in [6.45, 7) is 0. The van der Waals surface area contributed by atoms with Crippen molar-refractivity contribution in [3.05, 3.63) is 36.0 Å². The van der Waals surface area contributed by atoms with Crippen LogP contribution in [0.1, 0.15) is 10.4 Å². The van der Waals surface area contributed by atoms with Crippen LogP contribution in [-0.2, 0) is 7.05 Å². The average Bonchev–Trinajstić information content (AvgIpc) is 2.65. The number of hydrogen-bond donors (Lipinski definition) is 1. The number of aryl methyl sites for hydroxylation is 1. The lowest BCUT2D eigenvalue weighted by molar-refractivity contribution is 0.112. The van der Waals surface area contributed by atoms with E-state index in [2.05, 4.69) is 5.10 Å². The fraction of sp³-hybridized carbons (Fsp3) is 0.0909. The number of para-hydroxylation sites is 1. The van der Waals surface area contributed by atoms with Crippen molar-refractivity contribution in [2.24, 2.45) is 7.05 Å². The lowest BCUT2D eigenvalue weighted by Crippen LogP contribution is -1.89. The number of carbonyl (C=O) groups excluding carboxylic acids is 1. The molecule has 0 saturated carbocycles. The highest BCUT2D eigenvalue weighted by Gasteiger charge is 2.09. The number of aromatic hydroxyl groups is 1. The van der Waals surface area contributed by atoms with Gasteiger partial charge in [0.15, 0.2) is 6.29 Å². The van der Waals surface area contributed by atoms with Crippen LogP contribution in [0.5, 0.6) is 5.75 Å². The van der Waals surface area contributed by atoms with E-state index in [1.165, 1.54) is 0 Å². The molecule has 0 aliphatic rings. The van der Waals surface area contributed by atoms with Crippen molar-refractivity contribution in [3.63, 3.8) is 0 Å². The first kappa shape index (κ1) is 9.45. The highest BCUT2D eigenvalue weighted by molar-refractivity contribution is 5.84. The molecule has 2 rings (SSSR count). The number of phenolic OH excluding ortho intramolecular Hbond substituents is 1. The summed E-state index contributed by atoms with van der Waals surface area (Å²) in [4.78, 5) is 10.6. The zero-order valence-corrected chi connectivity index (χ0v) is 8.21. The number of aldehydes is 1. The van der Waals surface area contributed by atoms with Gasteiger partial charge in [0, 0.05) is 18.8 Å². The molecular formula is C11H10N2O2. The minimum Gasteiger partial charge on any atom is -0.506 e. The molecule has 4 nitrogen and oxygen atoms in total. The van der Waals surface area contributed by atoms with Crippen molar-refractivity contribution >= 4 is 6.29 Å². The Hall–Kier alpha value is -2.10. The molecule has 15 heavy (non-hydrogen) atoms. The molecule has 1 heterocycles. The molecule has 0 aliphatic heterocycles. The van der Waals surface area contributed by atoms with Gasteiger partial charge >= 0.3 is 0 Å². The quantitative estimate of drug-likeness (QED) is 0.752. The van der Waals surface area contributed by atoms with E-state index in [1.807, 2.05) is 0 Å². The van der Waals surface area contributed by atoms with Gasteiger partial charge in [-0.25, -0.2) is 0 Å². The number of benzene rings is 1. The Morgan fingerprint density at radius 1 is 1.40 bits per heavy atom. The third-order valence-corrected chi connectivity index (χ3v) is 2.18. The van der Waals surface area contributed by atoms with E-state index in [9.17, 15) is 9.90 Å². The molecule has 1 aromatic heterocycles. The van der Waals surface area contributed by atoms with Gasteiger partial charge in [0.1, 0.15) is 5.75 Å². The summed E-state index contributed by atoms with van der Waals surface area (Å²) in [6, 6.07) is 6.79. The van der Waals surface area contributed by atoms with Crippen LogP contribution in [0.3, 0.4) is 0 Å². The van der Waals surface area contributed by atoms with Crippen LogP contribution in [0, 0.1) is 0 Å². The SMILES string of the molecule is Cn1ccc(-c2cccc(C=O)c2O)n1.